The number of likely N-dealkylation sites (N-methyl/N-ethyl adjacent to an activating group) is 1. The maximum absolute atomic E-state index is 12.2. The molecule has 2 N–H and O–H groups in total. The number of carbonyl (C=O) groups is 1. The van der Waals surface area contributed by atoms with Crippen molar-refractivity contribution >= 4 is 5.91 Å². The van der Waals surface area contributed by atoms with E-state index in [0.717, 1.165) is 32.4 Å². The summed E-state index contributed by atoms with van der Waals surface area (Å²) >= 11 is 0. The summed E-state index contributed by atoms with van der Waals surface area (Å²) in [5.41, 5.74) is 6.69. The molecule has 110 valence electrons. The van der Waals surface area contributed by atoms with Crippen molar-refractivity contribution < 1.29 is 4.79 Å². The van der Waals surface area contributed by atoms with Crippen LogP contribution in [-0.4, -0.2) is 53.9 Å². The Bertz CT molecular complexity index is 423. The van der Waals surface area contributed by atoms with Gasteiger partial charge in [-0.1, -0.05) is 6.07 Å². The lowest BCUT2D eigenvalue weighted by Gasteiger charge is -2.26. The maximum atomic E-state index is 12.2. The predicted molar refractivity (Wildman–Crippen MR) is 79.1 cm³/mol. The molecule has 1 aliphatic heterocycles. The van der Waals surface area contributed by atoms with Crippen LogP contribution in [0.2, 0.25) is 0 Å². The van der Waals surface area contributed by atoms with Crippen molar-refractivity contribution in [1.29, 1.82) is 0 Å². The number of hydrogen-bond donors (Lipinski definition) is 1. The average molecular weight is 276 g/mol. The van der Waals surface area contributed by atoms with E-state index in [9.17, 15) is 4.79 Å². The lowest BCUT2D eigenvalue weighted by Crippen LogP contribution is -2.39. The normalized spacial score (nSPS) is 19.2. The summed E-state index contributed by atoms with van der Waals surface area (Å²) in [5.74, 6) is 0.175. The van der Waals surface area contributed by atoms with Crippen LogP contribution in [0.25, 0.3) is 0 Å². The number of pyridine rings is 1. The molecule has 1 atom stereocenters. The summed E-state index contributed by atoms with van der Waals surface area (Å²) in [6.07, 6.45) is 6.79. The summed E-state index contributed by atoms with van der Waals surface area (Å²) in [4.78, 5) is 20.4. The van der Waals surface area contributed by atoms with Crippen molar-refractivity contribution in [3.8, 4) is 0 Å². The summed E-state index contributed by atoms with van der Waals surface area (Å²) < 4.78 is 0. The van der Waals surface area contributed by atoms with Crippen LogP contribution >= 0.6 is 0 Å². The molecule has 0 saturated carbocycles. The Hall–Kier alpha value is -1.46. The third kappa shape index (κ3) is 3.77. The topological polar surface area (TPSA) is 62.5 Å². The second kappa shape index (κ2) is 7.36. The molecule has 0 radical (unpaired) electrons. The standard InChI is InChI=1S/C15H24N4O/c1-18(9-4-7-16)15(20)12-19-10-3-6-14(19)13-5-2-8-17-11-13/h2,5,8,11,14H,3-4,6-7,9-10,12,16H2,1H3. The highest BCUT2D eigenvalue weighted by Crippen LogP contribution is 2.30. The van der Waals surface area contributed by atoms with Gasteiger partial charge < -0.3 is 10.6 Å². The van der Waals surface area contributed by atoms with E-state index in [4.69, 9.17) is 5.73 Å². The number of likely N-dealkylation sites (tertiary alicyclic amines) is 1. The smallest absolute Gasteiger partial charge is 0.236 e. The van der Waals surface area contributed by atoms with E-state index in [1.165, 1.54) is 5.56 Å². The first-order chi connectivity index (χ1) is 9.72. The fourth-order valence-electron chi connectivity index (χ4n) is 2.71. The van der Waals surface area contributed by atoms with Gasteiger partial charge in [-0.2, -0.15) is 0 Å². The largest absolute Gasteiger partial charge is 0.345 e. The molecule has 0 bridgehead atoms. The molecular weight excluding hydrogens is 252 g/mol. The summed E-state index contributed by atoms with van der Waals surface area (Å²) in [6.45, 7) is 2.83. The molecule has 2 rings (SSSR count). The fraction of sp³-hybridized carbons (Fsp3) is 0.600. The molecule has 5 nitrogen and oxygen atoms in total. The Labute approximate surface area is 120 Å². The molecule has 1 amide bonds. The molecule has 5 heteroatoms. The van der Waals surface area contributed by atoms with Crippen molar-refractivity contribution in [2.24, 2.45) is 5.73 Å². The Balaban J connectivity index is 1.93. The fourth-order valence-corrected chi connectivity index (χ4v) is 2.71. The third-order valence-corrected chi connectivity index (χ3v) is 3.89. The monoisotopic (exact) mass is 276 g/mol. The number of rotatable bonds is 6. The molecule has 1 aromatic heterocycles. The van der Waals surface area contributed by atoms with Crippen molar-refractivity contribution in [3.63, 3.8) is 0 Å². The van der Waals surface area contributed by atoms with Crippen LogP contribution < -0.4 is 5.73 Å². The van der Waals surface area contributed by atoms with Gasteiger partial charge in [-0.05, 0) is 44.0 Å². The minimum atomic E-state index is 0.175. The molecule has 1 aromatic rings. The first kappa shape index (κ1) is 14.9. The number of carbonyl (C=O) groups excluding carboxylic acids is 1. The zero-order valence-electron chi connectivity index (χ0n) is 12.2. The van der Waals surface area contributed by atoms with E-state index in [1.807, 2.05) is 19.3 Å². The molecule has 0 spiro atoms. The lowest BCUT2D eigenvalue weighted by molar-refractivity contribution is -0.131. The van der Waals surface area contributed by atoms with Crippen LogP contribution in [-0.2, 0) is 4.79 Å². The van der Waals surface area contributed by atoms with Gasteiger partial charge in [0.2, 0.25) is 5.91 Å². The van der Waals surface area contributed by atoms with Crippen molar-refractivity contribution in [3.05, 3.63) is 30.1 Å². The zero-order chi connectivity index (χ0) is 14.4. The van der Waals surface area contributed by atoms with Crippen LogP contribution in [0.3, 0.4) is 0 Å². The number of amides is 1. The highest BCUT2D eigenvalue weighted by Gasteiger charge is 2.28. The first-order valence-corrected chi connectivity index (χ1v) is 7.30. The molecule has 1 fully saturated rings. The number of nitrogens with zero attached hydrogens (tertiary/aromatic N) is 3. The van der Waals surface area contributed by atoms with Crippen LogP contribution in [0.5, 0.6) is 0 Å². The Morgan fingerprint density at radius 2 is 2.45 bits per heavy atom. The van der Waals surface area contributed by atoms with E-state index in [0.29, 0.717) is 19.1 Å². The number of nitrogens with two attached hydrogens (primary N) is 1. The van der Waals surface area contributed by atoms with Crippen LogP contribution in [0.15, 0.2) is 24.5 Å². The van der Waals surface area contributed by atoms with E-state index in [-0.39, 0.29) is 5.91 Å². The Morgan fingerprint density at radius 1 is 1.60 bits per heavy atom. The zero-order valence-corrected chi connectivity index (χ0v) is 12.2. The third-order valence-electron chi connectivity index (χ3n) is 3.89. The highest BCUT2D eigenvalue weighted by molar-refractivity contribution is 5.78. The summed E-state index contributed by atoms with van der Waals surface area (Å²) in [7, 11) is 1.85. The van der Waals surface area contributed by atoms with E-state index < -0.39 is 0 Å². The minimum Gasteiger partial charge on any atom is -0.345 e. The van der Waals surface area contributed by atoms with Crippen LogP contribution in [0, 0.1) is 0 Å². The minimum absolute atomic E-state index is 0.175. The van der Waals surface area contributed by atoms with Gasteiger partial charge in [-0.15, -0.1) is 0 Å². The molecule has 2 heterocycles. The molecule has 1 unspecified atom stereocenters. The summed E-state index contributed by atoms with van der Waals surface area (Å²) in [5, 5.41) is 0. The molecule has 1 aliphatic rings. The van der Waals surface area contributed by atoms with Crippen LogP contribution in [0.1, 0.15) is 30.9 Å². The van der Waals surface area contributed by atoms with Gasteiger partial charge in [0.05, 0.1) is 6.54 Å². The van der Waals surface area contributed by atoms with Gasteiger partial charge in [0.1, 0.15) is 0 Å². The van der Waals surface area contributed by atoms with E-state index in [1.54, 1.807) is 11.1 Å². The van der Waals surface area contributed by atoms with E-state index in [2.05, 4.69) is 16.0 Å². The van der Waals surface area contributed by atoms with Crippen molar-refractivity contribution in [1.82, 2.24) is 14.8 Å². The SMILES string of the molecule is CN(CCCN)C(=O)CN1CCCC1c1cccnc1. The molecule has 1 saturated heterocycles. The predicted octanol–water partition coefficient (Wildman–Crippen LogP) is 1.03. The average Bonchev–Trinajstić information content (AvgIpc) is 2.93. The highest BCUT2D eigenvalue weighted by atomic mass is 16.2. The second-order valence-electron chi connectivity index (χ2n) is 5.37. The maximum Gasteiger partial charge on any atom is 0.236 e. The number of aromatic nitrogens is 1. The Kier molecular flexibility index (Phi) is 5.49. The van der Waals surface area contributed by atoms with E-state index >= 15 is 0 Å². The van der Waals surface area contributed by atoms with Gasteiger partial charge in [-0.25, -0.2) is 0 Å². The summed E-state index contributed by atoms with van der Waals surface area (Å²) in [6, 6.07) is 4.38. The number of hydrogen-bond acceptors (Lipinski definition) is 4. The first-order valence-electron chi connectivity index (χ1n) is 7.30. The quantitative estimate of drug-likeness (QED) is 0.843. The van der Waals surface area contributed by atoms with Gasteiger partial charge in [0.25, 0.3) is 0 Å². The van der Waals surface area contributed by atoms with Gasteiger partial charge in [0, 0.05) is 32.0 Å². The molecule has 0 aliphatic carbocycles. The van der Waals surface area contributed by atoms with Crippen LogP contribution in [0.4, 0.5) is 0 Å². The van der Waals surface area contributed by atoms with Gasteiger partial charge in [-0.3, -0.25) is 14.7 Å². The lowest BCUT2D eigenvalue weighted by atomic mass is 10.1. The molecular formula is C15H24N4O. The molecule has 0 aromatic carbocycles. The Morgan fingerprint density at radius 3 is 3.15 bits per heavy atom. The second-order valence-corrected chi connectivity index (χ2v) is 5.37. The van der Waals surface area contributed by atoms with Gasteiger partial charge >= 0.3 is 0 Å². The van der Waals surface area contributed by atoms with Crippen molar-refractivity contribution in [2.75, 3.05) is 33.2 Å². The van der Waals surface area contributed by atoms with Crippen molar-refractivity contribution in [2.45, 2.75) is 25.3 Å². The molecule has 20 heavy (non-hydrogen) atoms. The van der Waals surface area contributed by atoms with Gasteiger partial charge in [0.15, 0.2) is 0 Å².